The van der Waals surface area contributed by atoms with Crippen LogP contribution in [0.2, 0.25) is 0 Å². The average molecular weight is 339 g/mol. The van der Waals surface area contributed by atoms with Crippen molar-refractivity contribution in [2.24, 2.45) is 0 Å². The van der Waals surface area contributed by atoms with Crippen LogP contribution in [0.4, 0.5) is 16.2 Å². The van der Waals surface area contributed by atoms with Gasteiger partial charge in [0, 0.05) is 29.4 Å². The fourth-order valence-corrected chi connectivity index (χ4v) is 4.05. The second-order valence-electron chi connectivity index (χ2n) is 4.82. The smallest absolute Gasteiger partial charge is 0.411 e. The first-order valence-electron chi connectivity index (χ1n) is 6.47. The molecular formula is C13H13N3O4S2. The third-order valence-corrected chi connectivity index (χ3v) is 5.63. The van der Waals surface area contributed by atoms with E-state index < -0.39 is 16.1 Å². The van der Waals surface area contributed by atoms with E-state index in [9.17, 15) is 13.2 Å². The highest BCUT2D eigenvalue weighted by Crippen LogP contribution is 2.27. The van der Waals surface area contributed by atoms with E-state index in [1.165, 1.54) is 6.20 Å². The molecule has 1 aromatic heterocycles. The summed E-state index contributed by atoms with van der Waals surface area (Å²) >= 11 is 1.04. The summed E-state index contributed by atoms with van der Waals surface area (Å²) in [6, 6.07) is 4.92. The lowest BCUT2D eigenvalue weighted by atomic mass is 10.1. The predicted octanol–water partition coefficient (Wildman–Crippen LogP) is 2.44. The lowest BCUT2D eigenvalue weighted by Gasteiger charge is -2.10. The van der Waals surface area contributed by atoms with Gasteiger partial charge in [-0.2, -0.15) is 8.42 Å². The number of ether oxygens (including phenoxy) is 1. The normalized spacial score (nSPS) is 17.9. The molecule has 1 aliphatic heterocycles. The van der Waals surface area contributed by atoms with Crippen molar-refractivity contribution < 1.29 is 17.9 Å². The Morgan fingerprint density at radius 2 is 2.27 bits per heavy atom. The number of rotatable bonds is 3. The fraction of sp³-hybridized carbons (Fsp3) is 0.231. The third-order valence-electron chi connectivity index (χ3n) is 3.05. The van der Waals surface area contributed by atoms with Gasteiger partial charge in [0.05, 0.1) is 0 Å². The van der Waals surface area contributed by atoms with E-state index in [-0.39, 0.29) is 10.4 Å². The van der Waals surface area contributed by atoms with E-state index >= 15 is 0 Å². The minimum atomic E-state index is -3.69. The SMILES string of the molecule is CC1Cc2cc(NS(=O)(=O)c3nccs3)ccc2NC(=O)O1. The van der Waals surface area contributed by atoms with Crippen LogP contribution in [-0.4, -0.2) is 25.6 Å². The molecule has 22 heavy (non-hydrogen) atoms. The number of nitrogens with one attached hydrogen (secondary N) is 2. The first kappa shape index (κ1) is 14.8. The highest BCUT2D eigenvalue weighted by atomic mass is 32.2. The highest BCUT2D eigenvalue weighted by molar-refractivity contribution is 7.94. The van der Waals surface area contributed by atoms with Gasteiger partial charge in [0.2, 0.25) is 4.34 Å². The summed E-state index contributed by atoms with van der Waals surface area (Å²) in [6.45, 7) is 1.78. The molecule has 1 aliphatic rings. The molecule has 9 heteroatoms. The molecule has 0 fully saturated rings. The monoisotopic (exact) mass is 339 g/mol. The standard InChI is InChI=1S/C13H13N3O4S2/c1-8-6-9-7-10(2-3-11(9)15-12(17)20-8)16-22(18,19)13-14-4-5-21-13/h2-5,7-8,16H,6H2,1H3,(H,15,17). The average Bonchev–Trinajstić information content (AvgIpc) is 2.91. The van der Waals surface area contributed by atoms with Crippen molar-refractivity contribution in [1.82, 2.24) is 4.98 Å². The van der Waals surface area contributed by atoms with E-state index in [2.05, 4.69) is 15.0 Å². The number of hydrogen-bond donors (Lipinski definition) is 2. The first-order valence-corrected chi connectivity index (χ1v) is 8.83. The summed E-state index contributed by atoms with van der Waals surface area (Å²) in [5, 5.41) is 4.22. The van der Waals surface area contributed by atoms with Crippen LogP contribution in [0.1, 0.15) is 12.5 Å². The Labute approximate surface area is 131 Å². The highest BCUT2D eigenvalue weighted by Gasteiger charge is 2.21. The van der Waals surface area contributed by atoms with Crippen molar-refractivity contribution in [3.8, 4) is 0 Å². The number of carbonyl (C=O) groups excluding carboxylic acids is 1. The summed E-state index contributed by atoms with van der Waals surface area (Å²) in [5.74, 6) is 0. The molecule has 7 nitrogen and oxygen atoms in total. The number of amides is 1. The fourth-order valence-electron chi connectivity index (χ4n) is 2.16. The summed E-state index contributed by atoms with van der Waals surface area (Å²) in [6.07, 6.45) is 1.14. The lowest BCUT2D eigenvalue weighted by molar-refractivity contribution is 0.123. The van der Waals surface area contributed by atoms with E-state index in [4.69, 9.17) is 4.74 Å². The Balaban J connectivity index is 1.89. The van der Waals surface area contributed by atoms with E-state index in [0.717, 1.165) is 16.9 Å². The van der Waals surface area contributed by atoms with Crippen LogP contribution in [0, 0.1) is 0 Å². The van der Waals surface area contributed by atoms with Crippen LogP contribution in [0.3, 0.4) is 0 Å². The zero-order valence-electron chi connectivity index (χ0n) is 11.6. The first-order chi connectivity index (χ1) is 10.4. The molecule has 1 aromatic carbocycles. The number of benzene rings is 1. The molecule has 0 radical (unpaired) electrons. The zero-order chi connectivity index (χ0) is 15.7. The van der Waals surface area contributed by atoms with Gasteiger partial charge < -0.3 is 4.74 Å². The largest absolute Gasteiger partial charge is 0.446 e. The molecule has 0 saturated carbocycles. The van der Waals surface area contributed by atoms with E-state index in [1.807, 2.05) is 0 Å². The predicted molar refractivity (Wildman–Crippen MR) is 82.6 cm³/mol. The maximum absolute atomic E-state index is 12.2. The van der Waals surface area contributed by atoms with Gasteiger partial charge in [0.1, 0.15) is 6.10 Å². The van der Waals surface area contributed by atoms with Gasteiger partial charge in [-0.3, -0.25) is 10.0 Å². The van der Waals surface area contributed by atoms with Crippen molar-refractivity contribution in [1.29, 1.82) is 0 Å². The van der Waals surface area contributed by atoms with Crippen LogP contribution in [0.5, 0.6) is 0 Å². The van der Waals surface area contributed by atoms with Crippen LogP contribution >= 0.6 is 11.3 Å². The molecule has 0 bridgehead atoms. The number of anilines is 2. The molecule has 2 heterocycles. The Kier molecular flexibility index (Phi) is 3.75. The number of hydrogen-bond acceptors (Lipinski definition) is 6. The van der Waals surface area contributed by atoms with Crippen LogP contribution in [0.15, 0.2) is 34.1 Å². The van der Waals surface area contributed by atoms with Gasteiger partial charge in [-0.25, -0.2) is 9.78 Å². The molecule has 0 saturated heterocycles. The van der Waals surface area contributed by atoms with Crippen molar-refractivity contribution in [2.45, 2.75) is 23.8 Å². The maximum Gasteiger partial charge on any atom is 0.411 e. The summed E-state index contributed by atoms with van der Waals surface area (Å²) < 4.78 is 31.9. The Hall–Kier alpha value is -2.13. The van der Waals surface area contributed by atoms with Gasteiger partial charge in [-0.05, 0) is 30.7 Å². The van der Waals surface area contributed by atoms with Gasteiger partial charge in [-0.15, -0.1) is 11.3 Å². The number of thiazole rings is 1. The van der Waals surface area contributed by atoms with Crippen LogP contribution in [0.25, 0.3) is 0 Å². The second-order valence-corrected chi connectivity index (χ2v) is 7.57. The minimum Gasteiger partial charge on any atom is -0.446 e. The van der Waals surface area contributed by atoms with Gasteiger partial charge in [0.25, 0.3) is 10.0 Å². The molecule has 1 unspecified atom stereocenters. The van der Waals surface area contributed by atoms with Gasteiger partial charge >= 0.3 is 6.09 Å². The quantitative estimate of drug-likeness (QED) is 0.895. The number of nitrogens with zero attached hydrogens (tertiary/aromatic N) is 1. The lowest BCUT2D eigenvalue weighted by Crippen LogP contribution is -2.17. The molecule has 116 valence electrons. The van der Waals surface area contributed by atoms with E-state index in [1.54, 1.807) is 30.5 Å². The van der Waals surface area contributed by atoms with Crippen molar-refractivity contribution in [3.63, 3.8) is 0 Å². The molecule has 1 amide bonds. The topological polar surface area (TPSA) is 97.4 Å². The molecule has 3 rings (SSSR count). The van der Waals surface area contributed by atoms with E-state index in [0.29, 0.717) is 17.8 Å². The third kappa shape index (κ3) is 3.04. The minimum absolute atomic E-state index is 0.00690. The molecule has 0 aliphatic carbocycles. The van der Waals surface area contributed by atoms with Gasteiger partial charge in [-0.1, -0.05) is 0 Å². The molecule has 1 atom stereocenters. The van der Waals surface area contributed by atoms with Crippen LogP contribution in [-0.2, 0) is 21.2 Å². The Bertz CT molecular complexity index is 803. The molecule has 2 aromatic rings. The number of fused-ring (bicyclic) bond motifs is 1. The molecule has 2 N–H and O–H groups in total. The number of sulfonamides is 1. The van der Waals surface area contributed by atoms with Crippen molar-refractivity contribution in [3.05, 3.63) is 35.3 Å². The number of carbonyl (C=O) groups is 1. The molecule has 0 spiro atoms. The summed E-state index contributed by atoms with van der Waals surface area (Å²) in [5.41, 5.74) is 1.83. The summed E-state index contributed by atoms with van der Waals surface area (Å²) in [7, 11) is -3.69. The number of cyclic esters (lactones) is 1. The van der Waals surface area contributed by atoms with Crippen molar-refractivity contribution in [2.75, 3.05) is 10.0 Å². The maximum atomic E-state index is 12.2. The zero-order valence-corrected chi connectivity index (χ0v) is 13.2. The Morgan fingerprint density at radius 3 is 3.00 bits per heavy atom. The second kappa shape index (κ2) is 5.58. The van der Waals surface area contributed by atoms with Gasteiger partial charge in [0.15, 0.2) is 0 Å². The van der Waals surface area contributed by atoms with Crippen molar-refractivity contribution >= 4 is 38.8 Å². The number of aromatic nitrogens is 1. The Morgan fingerprint density at radius 1 is 1.45 bits per heavy atom. The van der Waals surface area contributed by atoms with Crippen LogP contribution < -0.4 is 10.0 Å². The summed E-state index contributed by atoms with van der Waals surface area (Å²) in [4.78, 5) is 15.3. The molecular weight excluding hydrogens is 326 g/mol.